The highest BCUT2D eigenvalue weighted by molar-refractivity contribution is 5.48. The van der Waals surface area contributed by atoms with Crippen molar-refractivity contribution in [1.29, 1.82) is 5.26 Å². The number of nitriles is 1. The van der Waals surface area contributed by atoms with Crippen LogP contribution in [0.15, 0.2) is 18.2 Å². The molecule has 4 nitrogen and oxygen atoms in total. The fraction of sp³-hybridized carbons (Fsp3) is 0.533. The van der Waals surface area contributed by atoms with Crippen LogP contribution in [0.3, 0.4) is 0 Å². The molecule has 0 aliphatic carbocycles. The Morgan fingerprint density at radius 1 is 1.55 bits per heavy atom. The lowest BCUT2D eigenvalue weighted by molar-refractivity contribution is -0.0315. The largest absolute Gasteiger partial charge is 0.380 e. The highest BCUT2D eigenvalue weighted by Gasteiger charge is 2.22. The van der Waals surface area contributed by atoms with E-state index < -0.39 is 5.82 Å². The Labute approximate surface area is 119 Å². The fourth-order valence-electron chi connectivity index (χ4n) is 2.29. The molecule has 2 rings (SSSR count). The molecule has 5 heteroatoms. The zero-order valence-corrected chi connectivity index (χ0v) is 11.9. The smallest absolute Gasteiger partial charge is 0.147 e. The van der Waals surface area contributed by atoms with Crippen molar-refractivity contribution in [3.8, 4) is 6.07 Å². The minimum Gasteiger partial charge on any atom is -0.380 e. The van der Waals surface area contributed by atoms with E-state index in [9.17, 15) is 4.39 Å². The Hall–Kier alpha value is -1.64. The number of morpholine rings is 1. The van der Waals surface area contributed by atoms with E-state index in [1.807, 2.05) is 6.07 Å². The van der Waals surface area contributed by atoms with Gasteiger partial charge in [-0.15, -0.1) is 0 Å². The van der Waals surface area contributed by atoms with Gasteiger partial charge in [-0.3, -0.25) is 4.90 Å². The van der Waals surface area contributed by atoms with Gasteiger partial charge in [-0.05, 0) is 32.0 Å². The maximum atomic E-state index is 13.7. The first-order chi connectivity index (χ1) is 9.60. The third-order valence-electron chi connectivity index (χ3n) is 3.52. The lowest BCUT2D eigenvalue weighted by Crippen LogP contribution is -2.48. The van der Waals surface area contributed by atoms with E-state index >= 15 is 0 Å². The summed E-state index contributed by atoms with van der Waals surface area (Å²) in [6, 6.07) is 6.85. The molecule has 20 heavy (non-hydrogen) atoms. The number of halogens is 1. The SMILES string of the molecule is CC(C)N1CCOC(CNc2ccc(C#N)cc2F)C1. The number of anilines is 1. The third kappa shape index (κ3) is 3.69. The maximum absolute atomic E-state index is 13.7. The highest BCUT2D eigenvalue weighted by atomic mass is 19.1. The normalized spacial score (nSPS) is 19.9. The molecule has 0 amide bonds. The van der Waals surface area contributed by atoms with Gasteiger partial charge in [0, 0.05) is 25.7 Å². The zero-order chi connectivity index (χ0) is 14.5. The molecule has 1 fully saturated rings. The van der Waals surface area contributed by atoms with Gasteiger partial charge in [0.25, 0.3) is 0 Å². The summed E-state index contributed by atoms with van der Waals surface area (Å²) in [7, 11) is 0. The molecule has 0 aromatic heterocycles. The van der Waals surface area contributed by atoms with E-state index in [1.54, 1.807) is 12.1 Å². The Morgan fingerprint density at radius 2 is 2.35 bits per heavy atom. The van der Waals surface area contributed by atoms with Gasteiger partial charge < -0.3 is 10.1 Å². The molecule has 1 N–H and O–H groups in total. The molecule has 0 spiro atoms. The van der Waals surface area contributed by atoms with Crippen molar-refractivity contribution in [3.63, 3.8) is 0 Å². The van der Waals surface area contributed by atoms with Crippen LogP contribution in [0, 0.1) is 17.1 Å². The summed E-state index contributed by atoms with van der Waals surface area (Å²) >= 11 is 0. The predicted octanol–water partition coefficient (Wildman–Crippen LogP) is 2.22. The first-order valence-corrected chi connectivity index (χ1v) is 6.89. The molecular weight excluding hydrogens is 257 g/mol. The Kier molecular flexibility index (Phi) is 4.94. The van der Waals surface area contributed by atoms with Crippen LogP contribution in [0.25, 0.3) is 0 Å². The summed E-state index contributed by atoms with van der Waals surface area (Å²) in [6.07, 6.45) is 0.0567. The second-order valence-electron chi connectivity index (χ2n) is 5.27. The lowest BCUT2D eigenvalue weighted by Gasteiger charge is -2.35. The maximum Gasteiger partial charge on any atom is 0.147 e. The molecule has 0 radical (unpaired) electrons. The predicted molar refractivity (Wildman–Crippen MR) is 76.1 cm³/mol. The molecule has 1 aliphatic heterocycles. The minimum atomic E-state index is -0.402. The van der Waals surface area contributed by atoms with E-state index in [2.05, 4.69) is 24.1 Å². The van der Waals surface area contributed by atoms with Gasteiger partial charge in [-0.2, -0.15) is 5.26 Å². The first-order valence-electron chi connectivity index (χ1n) is 6.89. The fourth-order valence-corrected chi connectivity index (χ4v) is 2.29. The molecule has 0 saturated carbocycles. The van der Waals surface area contributed by atoms with Gasteiger partial charge in [-0.25, -0.2) is 4.39 Å². The molecule has 1 unspecified atom stereocenters. The molecule has 1 atom stereocenters. The molecule has 108 valence electrons. The van der Waals surface area contributed by atoms with Gasteiger partial charge in [0.2, 0.25) is 0 Å². The van der Waals surface area contributed by atoms with E-state index in [1.165, 1.54) is 6.07 Å². The third-order valence-corrected chi connectivity index (χ3v) is 3.52. The van der Waals surface area contributed by atoms with Crippen LogP contribution in [0.1, 0.15) is 19.4 Å². The van der Waals surface area contributed by atoms with Crippen LogP contribution in [0.5, 0.6) is 0 Å². The van der Waals surface area contributed by atoms with E-state index in [0.717, 1.165) is 13.1 Å². The number of hydrogen-bond donors (Lipinski definition) is 1. The number of nitrogens with one attached hydrogen (secondary N) is 1. The molecule has 1 aromatic carbocycles. The summed E-state index contributed by atoms with van der Waals surface area (Å²) in [5.74, 6) is -0.402. The zero-order valence-electron chi connectivity index (χ0n) is 11.9. The van der Waals surface area contributed by atoms with Gasteiger partial charge in [0.05, 0.1) is 30.0 Å². The summed E-state index contributed by atoms with van der Waals surface area (Å²) in [6.45, 7) is 7.39. The van der Waals surface area contributed by atoms with Crippen LogP contribution < -0.4 is 5.32 Å². The molecule has 1 heterocycles. The Balaban J connectivity index is 1.90. The van der Waals surface area contributed by atoms with Gasteiger partial charge in [0.15, 0.2) is 0 Å². The van der Waals surface area contributed by atoms with Crippen molar-refractivity contribution >= 4 is 5.69 Å². The summed E-state index contributed by atoms with van der Waals surface area (Å²) in [5, 5.41) is 11.8. The molecule has 0 bridgehead atoms. The number of ether oxygens (including phenoxy) is 1. The van der Waals surface area contributed by atoms with Crippen LogP contribution in [0.2, 0.25) is 0 Å². The highest BCUT2D eigenvalue weighted by Crippen LogP contribution is 2.16. The van der Waals surface area contributed by atoms with Crippen LogP contribution >= 0.6 is 0 Å². The Bertz CT molecular complexity index is 498. The first kappa shape index (κ1) is 14.8. The van der Waals surface area contributed by atoms with Gasteiger partial charge in [0.1, 0.15) is 5.82 Å². The minimum absolute atomic E-state index is 0.0567. The average molecular weight is 277 g/mol. The lowest BCUT2D eigenvalue weighted by atomic mass is 10.2. The van der Waals surface area contributed by atoms with Crippen molar-refractivity contribution in [2.75, 3.05) is 31.6 Å². The second kappa shape index (κ2) is 6.69. The van der Waals surface area contributed by atoms with Crippen LogP contribution in [-0.4, -0.2) is 43.3 Å². The molecule has 1 aliphatic rings. The van der Waals surface area contributed by atoms with Gasteiger partial charge >= 0.3 is 0 Å². The quantitative estimate of drug-likeness (QED) is 0.916. The number of benzene rings is 1. The summed E-state index contributed by atoms with van der Waals surface area (Å²) in [5.41, 5.74) is 0.738. The van der Waals surface area contributed by atoms with Crippen molar-refractivity contribution in [1.82, 2.24) is 4.90 Å². The van der Waals surface area contributed by atoms with Crippen LogP contribution in [-0.2, 0) is 4.74 Å². The number of nitrogens with zero attached hydrogens (tertiary/aromatic N) is 2. The van der Waals surface area contributed by atoms with Crippen molar-refractivity contribution in [2.24, 2.45) is 0 Å². The molecular formula is C15H20FN3O. The Morgan fingerprint density at radius 3 is 3.00 bits per heavy atom. The van der Waals surface area contributed by atoms with Gasteiger partial charge in [-0.1, -0.05) is 0 Å². The molecule has 1 saturated heterocycles. The topological polar surface area (TPSA) is 48.3 Å². The van der Waals surface area contributed by atoms with E-state index in [4.69, 9.17) is 10.00 Å². The van der Waals surface area contributed by atoms with Crippen molar-refractivity contribution in [3.05, 3.63) is 29.6 Å². The van der Waals surface area contributed by atoms with E-state index in [0.29, 0.717) is 30.4 Å². The average Bonchev–Trinajstić information content (AvgIpc) is 2.46. The van der Waals surface area contributed by atoms with Crippen molar-refractivity contribution in [2.45, 2.75) is 26.0 Å². The van der Waals surface area contributed by atoms with E-state index in [-0.39, 0.29) is 6.10 Å². The standard InChI is InChI=1S/C15H20FN3O/c1-11(2)19-5-6-20-13(10-19)9-18-15-4-3-12(8-17)7-14(15)16/h3-4,7,11,13,18H,5-6,9-10H2,1-2H3. The molecule has 1 aromatic rings. The second-order valence-corrected chi connectivity index (χ2v) is 5.27. The summed E-state index contributed by atoms with van der Waals surface area (Å²) in [4.78, 5) is 2.35. The number of hydrogen-bond acceptors (Lipinski definition) is 4. The monoisotopic (exact) mass is 277 g/mol. The van der Waals surface area contributed by atoms with Crippen LogP contribution in [0.4, 0.5) is 10.1 Å². The number of rotatable bonds is 4. The summed E-state index contributed by atoms with van der Waals surface area (Å²) < 4.78 is 19.4. The van der Waals surface area contributed by atoms with Crippen molar-refractivity contribution < 1.29 is 9.13 Å².